The Hall–Kier alpha value is -2.68. The first-order chi connectivity index (χ1) is 15.4. The van der Waals surface area contributed by atoms with Gasteiger partial charge in [0.2, 0.25) is 11.8 Å². The Bertz CT molecular complexity index is 1020. The average Bonchev–Trinajstić information content (AvgIpc) is 3.09. The molecule has 0 saturated carbocycles. The zero-order valence-electron chi connectivity index (χ0n) is 17.6. The van der Waals surface area contributed by atoms with E-state index in [1.807, 2.05) is 18.2 Å². The van der Waals surface area contributed by atoms with Crippen molar-refractivity contribution in [3.63, 3.8) is 0 Å². The molecule has 0 aliphatic carbocycles. The fraction of sp³-hybridized carbons (Fsp3) is 0.435. The number of amides is 3. The highest BCUT2D eigenvalue weighted by Crippen LogP contribution is 2.53. The number of benzene rings is 1. The number of likely N-dealkylation sites (N-methyl/N-ethyl adjacent to an activating group) is 1. The van der Waals surface area contributed by atoms with E-state index in [0.717, 1.165) is 0 Å². The van der Waals surface area contributed by atoms with Crippen molar-refractivity contribution in [1.82, 2.24) is 9.80 Å². The number of aliphatic hydroxyl groups is 1. The van der Waals surface area contributed by atoms with Crippen LogP contribution in [-0.4, -0.2) is 83.7 Å². The molecule has 2 saturated heterocycles. The zero-order chi connectivity index (χ0) is 22.6. The lowest BCUT2D eigenvalue weighted by molar-refractivity contribution is -0.144. The minimum atomic E-state index is -1.28. The third kappa shape index (κ3) is 2.93. The Morgan fingerprint density at radius 2 is 1.84 bits per heavy atom. The van der Waals surface area contributed by atoms with E-state index >= 15 is 0 Å². The van der Waals surface area contributed by atoms with Crippen LogP contribution in [0.4, 0.5) is 5.69 Å². The minimum Gasteiger partial charge on any atom is -0.395 e. The number of rotatable bonds is 3. The van der Waals surface area contributed by atoms with Gasteiger partial charge in [-0.15, -0.1) is 0 Å². The van der Waals surface area contributed by atoms with Crippen LogP contribution in [0.1, 0.15) is 0 Å². The van der Waals surface area contributed by atoms with Gasteiger partial charge in [0.15, 0.2) is 0 Å². The molecular weight excluding hydrogens is 434 g/mol. The number of fused-ring (bicyclic) bond motifs is 2. The van der Waals surface area contributed by atoms with Crippen molar-refractivity contribution in [3.8, 4) is 0 Å². The molecule has 3 amide bonds. The summed E-state index contributed by atoms with van der Waals surface area (Å²) in [5, 5.41) is 10.2. The Balaban J connectivity index is 1.61. The Labute approximate surface area is 190 Å². The van der Waals surface area contributed by atoms with E-state index in [2.05, 4.69) is 0 Å². The predicted molar refractivity (Wildman–Crippen MR) is 117 cm³/mol. The summed E-state index contributed by atoms with van der Waals surface area (Å²) in [6, 6.07) is 5.91. The zero-order valence-corrected chi connectivity index (χ0v) is 18.3. The third-order valence-corrected chi connectivity index (χ3v) is 7.09. The van der Waals surface area contributed by atoms with E-state index in [1.54, 1.807) is 47.2 Å². The van der Waals surface area contributed by atoms with Crippen LogP contribution in [0.25, 0.3) is 0 Å². The lowest BCUT2D eigenvalue weighted by Gasteiger charge is -2.35. The fourth-order valence-electron chi connectivity index (χ4n) is 5.46. The number of carbonyl (C=O) groups is 3. The Morgan fingerprint density at radius 1 is 1.09 bits per heavy atom. The van der Waals surface area contributed by atoms with Crippen LogP contribution < -0.4 is 4.90 Å². The molecule has 168 valence electrons. The molecule has 1 N–H and O–H groups in total. The summed E-state index contributed by atoms with van der Waals surface area (Å²) < 4.78 is 6.45. The Morgan fingerprint density at radius 3 is 2.56 bits per heavy atom. The molecule has 4 aliphatic heterocycles. The van der Waals surface area contributed by atoms with Crippen molar-refractivity contribution >= 4 is 35.0 Å². The first-order valence-electron chi connectivity index (χ1n) is 10.6. The SMILES string of the molecule is CN1CC=C[C@@H]2O[C@]34C=CCN(c5ccc(Cl)cc5)C(=O)C3N(CCO)C(=O)[C@@H]4[C@@H]2C1=O. The van der Waals surface area contributed by atoms with Crippen molar-refractivity contribution in [2.45, 2.75) is 17.7 Å². The van der Waals surface area contributed by atoms with Crippen LogP contribution in [0.3, 0.4) is 0 Å². The summed E-state index contributed by atoms with van der Waals surface area (Å²) in [6.45, 7) is 0.405. The normalized spacial score (nSPS) is 33.8. The number of carbonyl (C=O) groups excluding carboxylic acids is 3. The number of ether oxygens (including phenoxy) is 1. The predicted octanol–water partition coefficient (Wildman–Crippen LogP) is 0.844. The number of β-amino-alcohol motifs (C(OH)–C–C–N with tert-alkyl or cyclic N) is 1. The number of hydrogen-bond acceptors (Lipinski definition) is 5. The summed E-state index contributed by atoms with van der Waals surface area (Å²) >= 11 is 6.01. The van der Waals surface area contributed by atoms with E-state index in [4.69, 9.17) is 16.3 Å². The minimum absolute atomic E-state index is 0.0175. The number of nitrogens with zero attached hydrogens (tertiary/aromatic N) is 3. The molecule has 5 atom stereocenters. The van der Waals surface area contributed by atoms with Gasteiger partial charge in [0.05, 0.1) is 24.5 Å². The van der Waals surface area contributed by atoms with Gasteiger partial charge in [-0.05, 0) is 24.3 Å². The Kier molecular flexibility index (Phi) is 5.11. The molecule has 0 aromatic heterocycles. The van der Waals surface area contributed by atoms with Crippen LogP contribution in [0, 0.1) is 11.8 Å². The van der Waals surface area contributed by atoms with Crippen molar-refractivity contribution in [3.05, 3.63) is 53.6 Å². The van der Waals surface area contributed by atoms with Crippen molar-refractivity contribution in [2.24, 2.45) is 11.8 Å². The highest BCUT2D eigenvalue weighted by atomic mass is 35.5. The summed E-state index contributed by atoms with van der Waals surface area (Å²) in [6.07, 6.45) is 6.67. The van der Waals surface area contributed by atoms with Gasteiger partial charge in [-0.3, -0.25) is 14.4 Å². The highest BCUT2D eigenvalue weighted by molar-refractivity contribution is 6.30. The van der Waals surface area contributed by atoms with E-state index in [-0.39, 0.29) is 37.4 Å². The second-order valence-electron chi connectivity index (χ2n) is 8.57. The molecular formula is C23H24ClN3O5. The van der Waals surface area contributed by atoms with Crippen molar-refractivity contribution in [2.75, 3.05) is 38.2 Å². The maximum Gasteiger partial charge on any atom is 0.253 e. The summed E-state index contributed by atoms with van der Waals surface area (Å²) in [4.78, 5) is 45.2. The first-order valence-corrected chi connectivity index (χ1v) is 11.0. The molecule has 9 heteroatoms. The number of anilines is 1. The summed E-state index contributed by atoms with van der Waals surface area (Å²) in [5.74, 6) is -2.41. The van der Waals surface area contributed by atoms with Gasteiger partial charge in [-0.2, -0.15) is 0 Å². The van der Waals surface area contributed by atoms with Crippen LogP contribution in [0.5, 0.6) is 0 Å². The second kappa shape index (κ2) is 7.72. The smallest absolute Gasteiger partial charge is 0.253 e. The van der Waals surface area contributed by atoms with Crippen LogP contribution in [0.2, 0.25) is 5.02 Å². The van der Waals surface area contributed by atoms with Crippen LogP contribution in [0.15, 0.2) is 48.6 Å². The maximum atomic E-state index is 13.9. The lowest BCUT2D eigenvalue weighted by atomic mass is 9.77. The standard InChI is InChI=1S/C23H24ClN3O5/c1-25-10-2-4-16-17(20(25)29)18-21(30)27(12-13-28)19-22(31)26(11-3-9-23(18,19)32-16)15-7-5-14(24)6-8-15/h2-9,16-19,28H,10-13H2,1H3/t16-,17+,18-,19?,23-/m0/s1. The molecule has 32 heavy (non-hydrogen) atoms. The van der Waals surface area contributed by atoms with Gasteiger partial charge in [0.25, 0.3) is 5.91 Å². The van der Waals surface area contributed by atoms with Gasteiger partial charge < -0.3 is 24.5 Å². The maximum absolute atomic E-state index is 13.9. The molecule has 8 nitrogen and oxygen atoms in total. The van der Waals surface area contributed by atoms with Gasteiger partial charge in [-0.25, -0.2) is 0 Å². The summed E-state index contributed by atoms with van der Waals surface area (Å²) in [5.41, 5.74) is -0.637. The molecule has 1 unspecified atom stereocenters. The van der Waals surface area contributed by atoms with E-state index in [0.29, 0.717) is 17.3 Å². The van der Waals surface area contributed by atoms with E-state index < -0.39 is 29.6 Å². The molecule has 1 aromatic carbocycles. The number of halogens is 1. The molecule has 5 rings (SSSR count). The van der Waals surface area contributed by atoms with Gasteiger partial charge in [-0.1, -0.05) is 35.9 Å². The van der Waals surface area contributed by atoms with E-state index in [9.17, 15) is 19.5 Å². The molecule has 4 heterocycles. The van der Waals surface area contributed by atoms with Crippen LogP contribution in [-0.2, 0) is 19.1 Å². The topological polar surface area (TPSA) is 90.4 Å². The molecule has 2 fully saturated rings. The molecule has 0 radical (unpaired) electrons. The number of aliphatic hydroxyl groups excluding tert-OH is 1. The van der Waals surface area contributed by atoms with Crippen LogP contribution >= 0.6 is 11.6 Å². The van der Waals surface area contributed by atoms with Crippen molar-refractivity contribution < 1.29 is 24.2 Å². The van der Waals surface area contributed by atoms with Crippen molar-refractivity contribution in [1.29, 1.82) is 0 Å². The third-order valence-electron chi connectivity index (χ3n) is 6.84. The molecule has 1 spiro atoms. The fourth-order valence-corrected chi connectivity index (χ4v) is 5.59. The van der Waals surface area contributed by atoms with Gasteiger partial charge in [0, 0.05) is 37.4 Å². The first kappa shape index (κ1) is 21.2. The highest BCUT2D eigenvalue weighted by Gasteiger charge is 2.71. The number of likely N-dealkylation sites (tertiary alicyclic amines) is 1. The monoisotopic (exact) mass is 457 g/mol. The average molecular weight is 458 g/mol. The number of hydrogen-bond donors (Lipinski definition) is 1. The molecule has 4 aliphatic rings. The molecule has 1 aromatic rings. The summed E-state index contributed by atoms with van der Waals surface area (Å²) in [7, 11) is 1.69. The quantitative estimate of drug-likeness (QED) is 0.679. The second-order valence-corrected chi connectivity index (χ2v) is 9.01. The van der Waals surface area contributed by atoms with Gasteiger partial charge in [0.1, 0.15) is 11.6 Å². The van der Waals surface area contributed by atoms with Gasteiger partial charge >= 0.3 is 0 Å². The largest absolute Gasteiger partial charge is 0.395 e. The van der Waals surface area contributed by atoms with E-state index in [1.165, 1.54) is 4.90 Å². The lowest BCUT2D eigenvalue weighted by Crippen LogP contribution is -2.55. The molecule has 0 bridgehead atoms.